The fourth-order valence-corrected chi connectivity index (χ4v) is 2.32. The lowest BCUT2D eigenvalue weighted by atomic mass is 10.1. The highest BCUT2D eigenvalue weighted by atomic mass is 16.2. The molecule has 0 saturated carbocycles. The molecule has 2 rings (SSSR count). The normalized spacial score (nSPS) is 18.4. The van der Waals surface area contributed by atoms with Gasteiger partial charge in [-0.2, -0.15) is 0 Å². The number of hydrogen-bond acceptors (Lipinski definition) is 3. The van der Waals surface area contributed by atoms with Crippen molar-refractivity contribution in [3.63, 3.8) is 0 Å². The van der Waals surface area contributed by atoms with Crippen LogP contribution >= 0.6 is 0 Å². The SMILES string of the molecule is CC1NCc2ccccc2N(CC(=O)N(C)C(C)C)C1=O. The number of likely N-dealkylation sites (N-methyl/N-ethyl adjacent to an activating group) is 1. The molecule has 1 N–H and O–H groups in total. The number of fused-ring (bicyclic) bond motifs is 1. The third-order valence-corrected chi connectivity index (χ3v) is 3.98. The summed E-state index contributed by atoms with van der Waals surface area (Å²) in [6.07, 6.45) is 0. The molecule has 1 atom stereocenters. The summed E-state index contributed by atoms with van der Waals surface area (Å²) < 4.78 is 0. The van der Waals surface area contributed by atoms with E-state index in [4.69, 9.17) is 0 Å². The van der Waals surface area contributed by atoms with Crippen molar-refractivity contribution < 1.29 is 9.59 Å². The number of benzene rings is 1. The molecule has 0 aliphatic carbocycles. The van der Waals surface area contributed by atoms with Crippen LogP contribution in [0.25, 0.3) is 0 Å². The molecular weight excluding hydrogens is 266 g/mol. The van der Waals surface area contributed by atoms with Gasteiger partial charge in [0.05, 0.1) is 6.04 Å². The van der Waals surface area contributed by atoms with Crippen LogP contribution in [-0.4, -0.2) is 42.4 Å². The van der Waals surface area contributed by atoms with Gasteiger partial charge in [0.25, 0.3) is 0 Å². The lowest BCUT2D eigenvalue weighted by Crippen LogP contribution is -2.48. The highest BCUT2D eigenvalue weighted by molar-refractivity contribution is 6.02. The number of nitrogens with zero attached hydrogens (tertiary/aromatic N) is 2. The van der Waals surface area contributed by atoms with Crippen molar-refractivity contribution in [1.82, 2.24) is 10.2 Å². The second-order valence-corrected chi connectivity index (χ2v) is 5.75. The van der Waals surface area contributed by atoms with Gasteiger partial charge in [0.15, 0.2) is 0 Å². The maximum absolute atomic E-state index is 12.5. The van der Waals surface area contributed by atoms with E-state index in [0.29, 0.717) is 6.54 Å². The van der Waals surface area contributed by atoms with Crippen LogP contribution in [0.15, 0.2) is 24.3 Å². The van der Waals surface area contributed by atoms with Crippen molar-refractivity contribution >= 4 is 17.5 Å². The molecule has 0 spiro atoms. The van der Waals surface area contributed by atoms with E-state index in [-0.39, 0.29) is 30.4 Å². The molecule has 0 radical (unpaired) electrons. The van der Waals surface area contributed by atoms with Gasteiger partial charge >= 0.3 is 0 Å². The van der Waals surface area contributed by atoms with Crippen LogP contribution in [0.2, 0.25) is 0 Å². The zero-order valence-electron chi connectivity index (χ0n) is 13.1. The van der Waals surface area contributed by atoms with E-state index < -0.39 is 0 Å². The molecule has 114 valence electrons. The summed E-state index contributed by atoms with van der Waals surface area (Å²) >= 11 is 0. The number of nitrogens with one attached hydrogen (secondary N) is 1. The highest BCUT2D eigenvalue weighted by Gasteiger charge is 2.29. The van der Waals surface area contributed by atoms with Gasteiger partial charge in [0.1, 0.15) is 6.54 Å². The molecule has 1 unspecified atom stereocenters. The zero-order valence-corrected chi connectivity index (χ0v) is 13.1. The van der Waals surface area contributed by atoms with Crippen molar-refractivity contribution in [1.29, 1.82) is 0 Å². The minimum absolute atomic E-state index is 0.0535. The smallest absolute Gasteiger partial charge is 0.244 e. The molecule has 5 heteroatoms. The average molecular weight is 289 g/mol. The Morgan fingerprint density at radius 1 is 1.43 bits per heavy atom. The second kappa shape index (κ2) is 6.26. The standard InChI is InChI=1S/C16H23N3O2/c1-11(2)18(4)15(20)10-19-14-8-6-5-7-13(14)9-17-12(3)16(19)21/h5-8,11-12,17H,9-10H2,1-4H3. The van der Waals surface area contributed by atoms with Crippen molar-refractivity contribution in [2.24, 2.45) is 0 Å². The fraction of sp³-hybridized carbons (Fsp3) is 0.500. The van der Waals surface area contributed by atoms with E-state index in [1.165, 1.54) is 0 Å². The topological polar surface area (TPSA) is 52.7 Å². The quantitative estimate of drug-likeness (QED) is 0.914. The van der Waals surface area contributed by atoms with Crippen molar-refractivity contribution in [2.75, 3.05) is 18.5 Å². The first-order valence-electron chi connectivity index (χ1n) is 7.30. The van der Waals surface area contributed by atoms with E-state index in [1.54, 1.807) is 16.8 Å². The van der Waals surface area contributed by atoms with Crippen molar-refractivity contribution in [3.8, 4) is 0 Å². The van der Waals surface area contributed by atoms with Crippen molar-refractivity contribution in [3.05, 3.63) is 29.8 Å². The number of para-hydroxylation sites is 1. The number of hydrogen-bond donors (Lipinski definition) is 1. The van der Waals surface area contributed by atoms with E-state index in [2.05, 4.69) is 5.32 Å². The lowest BCUT2D eigenvalue weighted by molar-refractivity contribution is -0.131. The van der Waals surface area contributed by atoms with Gasteiger partial charge in [0.2, 0.25) is 11.8 Å². The maximum atomic E-state index is 12.5. The minimum atomic E-state index is -0.297. The molecule has 0 aromatic heterocycles. The predicted molar refractivity (Wildman–Crippen MR) is 83.0 cm³/mol. The molecule has 1 aromatic rings. The molecule has 1 aliphatic heterocycles. The van der Waals surface area contributed by atoms with Gasteiger partial charge in [0, 0.05) is 25.3 Å². The average Bonchev–Trinajstić information content (AvgIpc) is 2.58. The number of carbonyl (C=O) groups is 2. The first-order valence-corrected chi connectivity index (χ1v) is 7.30. The second-order valence-electron chi connectivity index (χ2n) is 5.75. The predicted octanol–water partition coefficient (Wildman–Crippen LogP) is 1.38. The number of carbonyl (C=O) groups excluding carboxylic acids is 2. The Hall–Kier alpha value is -1.88. The summed E-state index contributed by atoms with van der Waals surface area (Å²) in [7, 11) is 1.77. The van der Waals surface area contributed by atoms with Crippen LogP contribution in [0.4, 0.5) is 5.69 Å². The summed E-state index contributed by atoms with van der Waals surface area (Å²) in [5, 5.41) is 3.19. The molecule has 2 amide bonds. The molecule has 0 fully saturated rings. The number of amides is 2. The van der Waals surface area contributed by atoms with Crippen LogP contribution in [0.5, 0.6) is 0 Å². The van der Waals surface area contributed by atoms with Gasteiger partial charge in [-0.1, -0.05) is 18.2 Å². The lowest BCUT2D eigenvalue weighted by Gasteiger charge is -2.28. The third kappa shape index (κ3) is 3.24. The van der Waals surface area contributed by atoms with Crippen LogP contribution < -0.4 is 10.2 Å². The molecule has 0 bridgehead atoms. The van der Waals surface area contributed by atoms with Crippen LogP contribution in [0, 0.1) is 0 Å². The largest absolute Gasteiger partial charge is 0.342 e. The Morgan fingerprint density at radius 2 is 2.10 bits per heavy atom. The molecular formula is C16H23N3O2. The Kier molecular flexibility index (Phi) is 4.63. The van der Waals surface area contributed by atoms with E-state index in [1.807, 2.05) is 45.0 Å². The first-order chi connectivity index (χ1) is 9.91. The monoisotopic (exact) mass is 289 g/mol. The number of anilines is 1. The summed E-state index contributed by atoms with van der Waals surface area (Å²) in [6.45, 7) is 6.46. The summed E-state index contributed by atoms with van der Waals surface area (Å²) in [5.41, 5.74) is 1.86. The van der Waals surface area contributed by atoms with E-state index in [9.17, 15) is 9.59 Å². The highest BCUT2D eigenvalue weighted by Crippen LogP contribution is 2.24. The molecule has 0 saturated heterocycles. The van der Waals surface area contributed by atoms with Gasteiger partial charge in [-0.05, 0) is 32.4 Å². The van der Waals surface area contributed by atoms with Crippen LogP contribution in [0.3, 0.4) is 0 Å². The summed E-state index contributed by atoms with van der Waals surface area (Å²) in [4.78, 5) is 28.1. The van der Waals surface area contributed by atoms with Crippen molar-refractivity contribution in [2.45, 2.75) is 39.4 Å². The number of rotatable bonds is 3. The fourth-order valence-electron chi connectivity index (χ4n) is 2.32. The molecule has 21 heavy (non-hydrogen) atoms. The Balaban J connectivity index is 2.30. The summed E-state index contributed by atoms with van der Waals surface area (Å²) in [6, 6.07) is 7.54. The first kappa shape index (κ1) is 15.5. The minimum Gasteiger partial charge on any atom is -0.342 e. The Morgan fingerprint density at radius 3 is 2.76 bits per heavy atom. The molecule has 1 aliphatic rings. The van der Waals surface area contributed by atoms with Gasteiger partial charge in [-0.3, -0.25) is 9.59 Å². The Bertz CT molecular complexity index is 542. The van der Waals surface area contributed by atoms with E-state index in [0.717, 1.165) is 11.3 Å². The van der Waals surface area contributed by atoms with Crippen LogP contribution in [0.1, 0.15) is 26.3 Å². The molecule has 1 heterocycles. The third-order valence-electron chi connectivity index (χ3n) is 3.98. The zero-order chi connectivity index (χ0) is 15.6. The van der Waals surface area contributed by atoms with Crippen LogP contribution in [-0.2, 0) is 16.1 Å². The van der Waals surface area contributed by atoms with Gasteiger partial charge < -0.3 is 15.1 Å². The Labute approximate surface area is 125 Å². The molecule has 1 aromatic carbocycles. The van der Waals surface area contributed by atoms with E-state index >= 15 is 0 Å². The summed E-state index contributed by atoms with van der Waals surface area (Å²) in [5.74, 6) is -0.118. The maximum Gasteiger partial charge on any atom is 0.244 e. The van der Waals surface area contributed by atoms with Gasteiger partial charge in [-0.25, -0.2) is 0 Å². The molecule has 5 nitrogen and oxygen atoms in total. The van der Waals surface area contributed by atoms with Gasteiger partial charge in [-0.15, -0.1) is 0 Å².